The molecule has 0 radical (unpaired) electrons. The number of hydrogen-bond donors (Lipinski definition) is 1. The molecule has 1 atom stereocenters. The number of nitrogens with zero attached hydrogens (tertiary/aromatic N) is 2. The molecule has 1 fully saturated rings. The summed E-state index contributed by atoms with van der Waals surface area (Å²) in [7, 11) is 1.64. The molecule has 1 N–H and O–H groups in total. The van der Waals surface area contributed by atoms with Crippen LogP contribution in [-0.2, 0) is 11.3 Å². The molecular weight excluding hydrogens is 405 g/mol. The molecule has 0 spiro atoms. The van der Waals surface area contributed by atoms with Gasteiger partial charge in [-0.1, -0.05) is 6.07 Å². The number of likely N-dealkylation sites (tertiary alicyclic amines) is 1. The lowest BCUT2D eigenvalue weighted by molar-refractivity contribution is -0.116. The Labute approximate surface area is 188 Å². The number of ether oxygens (including phenoxy) is 1. The molecular formula is C26H30FN3O2. The maximum absolute atomic E-state index is 13.4. The van der Waals surface area contributed by atoms with E-state index in [0.29, 0.717) is 12.3 Å². The van der Waals surface area contributed by atoms with Crippen molar-refractivity contribution < 1.29 is 13.9 Å². The average molecular weight is 436 g/mol. The number of anilines is 1. The standard InChI is InChI=1S/C26H30FN3O2/c1-18-14-23(32-2)9-11-24(18)29-26(31)12-5-19-4-3-13-30(16-19)17-22-8-6-20-15-21(27)7-10-25(20)28-22/h6-11,14-15,19H,3-5,12-13,16-17H2,1-2H3,(H,29,31). The van der Waals surface area contributed by atoms with E-state index in [1.165, 1.54) is 12.1 Å². The third kappa shape index (κ3) is 5.62. The number of carbonyl (C=O) groups excluding carboxylic acids is 1. The Morgan fingerprint density at radius 2 is 2.09 bits per heavy atom. The summed E-state index contributed by atoms with van der Waals surface area (Å²) in [6, 6.07) is 14.3. The fourth-order valence-corrected chi connectivity index (χ4v) is 4.44. The monoisotopic (exact) mass is 435 g/mol. The average Bonchev–Trinajstić information content (AvgIpc) is 2.79. The number of carbonyl (C=O) groups is 1. The van der Waals surface area contributed by atoms with Gasteiger partial charge in [0.05, 0.1) is 18.3 Å². The van der Waals surface area contributed by atoms with Crippen LogP contribution >= 0.6 is 0 Å². The van der Waals surface area contributed by atoms with Crippen LogP contribution in [0.1, 0.15) is 36.9 Å². The highest BCUT2D eigenvalue weighted by Crippen LogP contribution is 2.25. The van der Waals surface area contributed by atoms with Crippen molar-refractivity contribution in [2.75, 3.05) is 25.5 Å². The predicted octanol–water partition coefficient (Wildman–Crippen LogP) is 5.32. The van der Waals surface area contributed by atoms with Gasteiger partial charge < -0.3 is 10.1 Å². The van der Waals surface area contributed by atoms with Crippen LogP contribution < -0.4 is 10.1 Å². The van der Waals surface area contributed by atoms with Crippen molar-refractivity contribution in [3.63, 3.8) is 0 Å². The van der Waals surface area contributed by atoms with Crippen molar-refractivity contribution in [3.05, 3.63) is 65.6 Å². The minimum Gasteiger partial charge on any atom is -0.497 e. The number of rotatable bonds is 7. The van der Waals surface area contributed by atoms with E-state index < -0.39 is 0 Å². The lowest BCUT2D eigenvalue weighted by Gasteiger charge is -2.32. The quantitative estimate of drug-likeness (QED) is 0.546. The van der Waals surface area contributed by atoms with E-state index in [0.717, 1.165) is 72.5 Å². The van der Waals surface area contributed by atoms with Crippen LogP contribution in [0, 0.1) is 18.7 Å². The zero-order valence-corrected chi connectivity index (χ0v) is 18.7. The highest BCUT2D eigenvalue weighted by Gasteiger charge is 2.21. The Morgan fingerprint density at radius 1 is 1.22 bits per heavy atom. The van der Waals surface area contributed by atoms with Gasteiger partial charge in [0, 0.05) is 30.6 Å². The summed E-state index contributed by atoms with van der Waals surface area (Å²) in [5, 5.41) is 3.85. The number of aromatic nitrogens is 1. The molecule has 2 heterocycles. The first-order valence-electron chi connectivity index (χ1n) is 11.2. The lowest BCUT2D eigenvalue weighted by Crippen LogP contribution is -2.35. The molecule has 0 bridgehead atoms. The number of aryl methyl sites for hydroxylation is 1. The van der Waals surface area contributed by atoms with Gasteiger partial charge in [-0.15, -0.1) is 0 Å². The van der Waals surface area contributed by atoms with Gasteiger partial charge in [0.1, 0.15) is 11.6 Å². The molecule has 5 nitrogen and oxygen atoms in total. The smallest absolute Gasteiger partial charge is 0.224 e. The summed E-state index contributed by atoms with van der Waals surface area (Å²) >= 11 is 0. The summed E-state index contributed by atoms with van der Waals surface area (Å²) < 4.78 is 18.6. The molecule has 32 heavy (non-hydrogen) atoms. The number of benzene rings is 2. The zero-order valence-electron chi connectivity index (χ0n) is 18.7. The number of nitrogens with one attached hydrogen (secondary N) is 1. The Balaban J connectivity index is 1.28. The summed E-state index contributed by atoms with van der Waals surface area (Å²) in [5.41, 5.74) is 3.65. The Bertz CT molecular complexity index is 1100. The molecule has 1 aromatic heterocycles. The van der Waals surface area contributed by atoms with Crippen molar-refractivity contribution in [1.29, 1.82) is 0 Å². The molecule has 1 saturated heterocycles. The zero-order chi connectivity index (χ0) is 22.5. The minimum absolute atomic E-state index is 0.0545. The summed E-state index contributed by atoms with van der Waals surface area (Å²) in [6.07, 6.45) is 3.67. The van der Waals surface area contributed by atoms with Crippen LogP contribution in [-0.4, -0.2) is 36.0 Å². The van der Waals surface area contributed by atoms with Crippen LogP contribution in [0.5, 0.6) is 5.75 Å². The van der Waals surface area contributed by atoms with Crippen LogP contribution in [0.15, 0.2) is 48.5 Å². The Hall–Kier alpha value is -2.99. The SMILES string of the molecule is COc1ccc(NC(=O)CCC2CCCN(Cc3ccc4cc(F)ccc4n3)C2)c(C)c1. The van der Waals surface area contributed by atoms with Crippen LogP contribution in [0.2, 0.25) is 0 Å². The third-order valence-electron chi connectivity index (χ3n) is 6.18. The van der Waals surface area contributed by atoms with Crippen molar-refractivity contribution >= 4 is 22.5 Å². The van der Waals surface area contributed by atoms with Gasteiger partial charge in [-0.05, 0) is 86.7 Å². The maximum atomic E-state index is 13.4. The highest BCUT2D eigenvalue weighted by molar-refractivity contribution is 5.91. The van der Waals surface area contributed by atoms with Gasteiger partial charge in [-0.2, -0.15) is 0 Å². The number of amides is 1. The largest absolute Gasteiger partial charge is 0.497 e. The predicted molar refractivity (Wildman–Crippen MR) is 125 cm³/mol. The third-order valence-corrected chi connectivity index (χ3v) is 6.18. The minimum atomic E-state index is -0.239. The molecule has 0 aliphatic carbocycles. The van der Waals surface area contributed by atoms with E-state index in [1.807, 2.05) is 37.3 Å². The number of halogens is 1. The fraction of sp³-hybridized carbons (Fsp3) is 0.385. The normalized spacial score (nSPS) is 16.8. The van der Waals surface area contributed by atoms with Crippen molar-refractivity contribution in [3.8, 4) is 5.75 Å². The summed E-state index contributed by atoms with van der Waals surface area (Å²) in [4.78, 5) is 19.6. The second-order valence-electron chi connectivity index (χ2n) is 8.65. The Morgan fingerprint density at radius 3 is 2.91 bits per heavy atom. The molecule has 1 aliphatic rings. The van der Waals surface area contributed by atoms with E-state index >= 15 is 0 Å². The second-order valence-corrected chi connectivity index (χ2v) is 8.65. The van der Waals surface area contributed by atoms with Gasteiger partial charge in [-0.25, -0.2) is 4.39 Å². The van der Waals surface area contributed by atoms with Crippen molar-refractivity contribution in [1.82, 2.24) is 9.88 Å². The maximum Gasteiger partial charge on any atom is 0.224 e. The summed E-state index contributed by atoms with van der Waals surface area (Å²) in [6.45, 7) is 4.75. The van der Waals surface area contributed by atoms with E-state index in [-0.39, 0.29) is 11.7 Å². The molecule has 2 aromatic carbocycles. The first-order chi connectivity index (χ1) is 15.5. The van der Waals surface area contributed by atoms with E-state index in [9.17, 15) is 9.18 Å². The van der Waals surface area contributed by atoms with Gasteiger partial charge in [0.15, 0.2) is 0 Å². The molecule has 1 aliphatic heterocycles. The molecule has 1 amide bonds. The number of pyridine rings is 1. The molecule has 1 unspecified atom stereocenters. The lowest BCUT2D eigenvalue weighted by atomic mass is 9.93. The first-order valence-corrected chi connectivity index (χ1v) is 11.2. The second kappa shape index (κ2) is 10.1. The molecule has 6 heteroatoms. The number of hydrogen-bond acceptors (Lipinski definition) is 4. The van der Waals surface area contributed by atoms with Gasteiger partial charge in [0.2, 0.25) is 5.91 Å². The fourth-order valence-electron chi connectivity index (χ4n) is 4.44. The summed E-state index contributed by atoms with van der Waals surface area (Å²) in [5.74, 6) is 1.10. The van der Waals surface area contributed by atoms with E-state index in [2.05, 4.69) is 10.2 Å². The van der Waals surface area contributed by atoms with E-state index in [4.69, 9.17) is 9.72 Å². The Kier molecular flexibility index (Phi) is 7.00. The van der Waals surface area contributed by atoms with Gasteiger partial charge in [-0.3, -0.25) is 14.7 Å². The molecule has 3 aromatic rings. The number of piperidine rings is 1. The van der Waals surface area contributed by atoms with Gasteiger partial charge in [0.25, 0.3) is 0 Å². The van der Waals surface area contributed by atoms with Crippen molar-refractivity contribution in [2.24, 2.45) is 5.92 Å². The van der Waals surface area contributed by atoms with Crippen LogP contribution in [0.4, 0.5) is 10.1 Å². The van der Waals surface area contributed by atoms with Crippen LogP contribution in [0.25, 0.3) is 10.9 Å². The molecule has 168 valence electrons. The van der Waals surface area contributed by atoms with Crippen molar-refractivity contribution in [2.45, 2.75) is 39.2 Å². The van der Waals surface area contributed by atoms with Crippen LogP contribution in [0.3, 0.4) is 0 Å². The molecule has 0 saturated carbocycles. The number of methoxy groups -OCH3 is 1. The number of fused-ring (bicyclic) bond motifs is 1. The van der Waals surface area contributed by atoms with Gasteiger partial charge >= 0.3 is 0 Å². The topological polar surface area (TPSA) is 54.5 Å². The molecule has 4 rings (SSSR count). The highest BCUT2D eigenvalue weighted by atomic mass is 19.1. The van der Waals surface area contributed by atoms with E-state index in [1.54, 1.807) is 13.2 Å². The first kappa shape index (κ1) is 22.2.